The molecule has 1 N–H and O–H groups in total. The van der Waals surface area contributed by atoms with Crippen LogP contribution in [0.25, 0.3) is 0 Å². The van der Waals surface area contributed by atoms with Gasteiger partial charge < -0.3 is 10.1 Å². The molecule has 0 radical (unpaired) electrons. The average molecular weight is 328 g/mol. The molecule has 21 heavy (non-hydrogen) atoms. The van der Waals surface area contributed by atoms with Gasteiger partial charge in [-0.15, -0.1) is 11.3 Å². The minimum Gasteiger partial charge on any atom is -0.496 e. The number of ether oxygens (including phenoxy) is 1. The molecule has 1 unspecified atom stereocenters. The Balaban J connectivity index is 2.37. The number of hydrogen-bond acceptors (Lipinski definition) is 4. The Hall–Kier alpha value is -1.04. The van der Waals surface area contributed by atoms with Crippen LogP contribution >= 0.6 is 22.9 Å². The highest BCUT2D eigenvalue weighted by Gasteiger charge is 2.23. The Labute approximate surface area is 135 Å². The number of aromatic nitrogens is 2. The summed E-state index contributed by atoms with van der Waals surface area (Å²) >= 11 is 8.07. The summed E-state index contributed by atoms with van der Waals surface area (Å²) < 4.78 is 7.30. The monoisotopic (exact) mass is 327 g/mol. The third-order valence-electron chi connectivity index (χ3n) is 3.26. The van der Waals surface area contributed by atoms with Crippen LogP contribution in [0, 0.1) is 0 Å². The number of thiophene rings is 1. The minimum atomic E-state index is 0.0559. The highest BCUT2D eigenvalue weighted by molar-refractivity contribution is 7.10. The first-order valence-electron chi connectivity index (χ1n) is 7.28. The van der Waals surface area contributed by atoms with Crippen LogP contribution in [-0.2, 0) is 6.54 Å². The first-order chi connectivity index (χ1) is 10.2. The molecule has 1 atom stereocenters. The summed E-state index contributed by atoms with van der Waals surface area (Å²) in [5.74, 6) is 0.885. The van der Waals surface area contributed by atoms with Crippen LogP contribution in [0.3, 0.4) is 0 Å². The molecule has 0 aliphatic carbocycles. The summed E-state index contributed by atoms with van der Waals surface area (Å²) in [4.78, 5) is 1.19. The van der Waals surface area contributed by atoms with Gasteiger partial charge in [-0.2, -0.15) is 5.10 Å². The van der Waals surface area contributed by atoms with Crippen LogP contribution in [0.5, 0.6) is 5.75 Å². The summed E-state index contributed by atoms with van der Waals surface area (Å²) in [5.41, 5.74) is 1.04. The predicted molar refractivity (Wildman–Crippen MR) is 88.5 cm³/mol. The fourth-order valence-corrected chi connectivity index (χ4v) is 3.44. The molecule has 4 nitrogen and oxygen atoms in total. The van der Waals surface area contributed by atoms with E-state index in [0.29, 0.717) is 5.02 Å². The maximum atomic E-state index is 6.39. The lowest BCUT2D eigenvalue weighted by molar-refractivity contribution is 0.416. The SMILES string of the molecule is CCCNC(c1cc(OC)cs1)c1c(Cl)cnn1CCC. The van der Waals surface area contributed by atoms with E-state index in [2.05, 4.69) is 30.3 Å². The smallest absolute Gasteiger partial charge is 0.129 e. The lowest BCUT2D eigenvalue weighted by Gasteiger charge is -2.19. The van der Waals surface area contributed by atoms with E-state index in [9.17, 15) is 0 Å². The Morgan fingerprint density at radius 2 is 2.24 bits per heavy atom. The second kappa shape index (κ2) is 7.82. The van der Waals surface area contributed by atoms with Gasteiger partial charge in [0.25, 0.3) is 0 Å². The van der Waals surface area contributed by atoms with E-state index >= 15 is 0 Å². The average Bonchev–Trinajstić information content (AvgIpc) is 3.09. The second-order valence-electron chi connectivity index (χ2n) is 4.88. The maximum Gasteiger partial charge on any atom is 0.129 e. The van der Waals surface area contributed by atoms with Gasteiger partial charge in [0.1, 0.15) is 5.75 Å². The van der Waals surface area contributed by atoms with Crippen molar-refractivity contribution in [3.8, 4) is 5.75 Å². The summed E-state index contributed by atoms with van der Waals surface area (Å²) in [5, 5.41) is 10.7. The highest BCUT2D eigenvalue weighted by Crippen LogP contribution is 2.34. The number of halogens is 1. The van der Waals surface area contributed by atoms with Crippen LogP contribution in [0.1, 0.15) is 43.3 Å². The Morgan fingerprint density at radius 1 is 1.43 bits per heavy atom. The molecule has 0 saturated carbocycles. The molecular weight excluding hydrogens is 306 g/mol. The normalized spacial score (nSPS) is 12.6. The van der Waals surface area contributed by atoms with E-state index in [1.807, 2.05) is 10.1 Å². The van der Waals surface area contributed by atoms with Crippen LogP contribution in [0.15, 0.2) is 17.6 Å². The van der Waals surface area contributed by atoms with Gasteiger partial charge in [0, 0.05) is 16.8 Å². The van der Waals surface area contributed by atoms with Crippen molar-refractivity contribution in [2.75, 3.05) is 13.7 Å². The third kappa shape index (κ3) is 3.78. The molecule has 0 aliphatic heterocycles. The van der Waals surface area contributed by atoms with Gasteiger partial charge in [-0.25, -0.2) is 0 Å². The lowest BCUT2D eigenvalue weighted by atomic mass is 10.1. The zero-order valence-electron chi connectivity index (χ0n) is 12.7. The number of methoxy groups -OCH3 is 1. The molecule has 0 saturated heterocycles. The molecule has 116 valence electrons. The summed E-state index contributed by atoms with van der Waals surface area (Å²) in [6.45, 7) is 6.10. The Morgan fingerprint density at radius 3 is 2.86 bits per heavy atom. The van der Waals surface area contributed by atoms with Gasteiger partial charge >= 0.3 is 0 Å². The zero-order valence-corrected chi connectivity index (χ0v) is 14.3. The fourth-order valence-electron chi connectivity index (χ4n) is 2.26. The van der Waals surface area contributed by atoms with Crippen molar-refractivity contribution in [2.24, 2.45) is 0 Å². The summed E-state index contributed by atoms with van der Waals surface area (Å²) in [7, 11) is 1.69. The number of rotatable bonds is 8. The van der Waals surface area contributed by atoms with Crippen molar-refractivity contribution in [1.82, 2.24) is 15.1 Å². The lowest BCUT2D eigenvalue weighted by Crippen LogP contribution is -2.25. The van der Waals surface area contributed by atoms with Gasteiger partial charge in [0.05, 0.1) is 30.1 Å². The van der Waals surface area contributed by atoms with Crippen molar-refractivity contribution in [3.05, 3.63) is 33.2 Å². The van der Waals surface area contributed by atoms with Crippen molar-refractivity contribution >= 4 is 22.9 Å². The van der Waals surface area contributed by atoms with Gasteiger partial charge in [0.2, 0.25) is 0 Å². The number of nitrogens with zero attached hydrogens (tertiary/aromatic N) is 2. The molecule has 0 bridgehead atoms. The number of nitrogens with one attached hydrogen (secondary N) is 1. The molecule has 0 aliphatic rings. The predicted octanol–water partition coefficient (Wildman–Crippen LogP) is 4.11. The van der Waals surface area contributed by atoms with Crippen molar-refractivity contribution in [3.63, 3.8) is 0 Å². The standard InChI is InChI=1S/C15H22ClN3OS/c1-4-6-17-14(13-8-11(20-3)10-21-13)15-12(16)9-18-19(15)7-5-2/h8-10,14,17H,4-7H2,1-3H3. The second-order valence-corrected chi connectivity index (χ2v) is 6.23. The van der Waals surface area contributed by atoms with E-state index in [-0.39, 0.29) is 6.04 Å². The van der Waals surface area contributed by atoms with Crippen molar-refractivity contribution in [2.45, 2.75) is 39.3 Å². The summed E-state index contributed by atoms with van der Waals surface area (Å²) in [6, 6.07) is 2.12. The van der Waals surface area contributed by atoms with Gasteiger partial charge in [-0.3, -0.25) is 4.68 Å². The first kappa shape index (κ1) is 16.3. The third-order valence-corrected chi connectivity index (χ3v) is 4.52. The topological polar surface area (TPSA) is 39.1 Å². The van der Waals surface area contributed by atoms with Crippen LogP contribution in [-0.4, -0.2) is 23.4 Å². The molecule has 0 aromatic carbocycles. The Kier molecular flexibility index (Phi) is 6.08. The molecule has 0 amide bonds. The first-order valence-corrected chi connectivity index (χ1v) is 8.54. The fraction of sp³-hybridized carbons (Fsp3) is 0.533. The van der Waals surface area contributed by atoms with Crippen molar-refractivity contribution < 1.29 is 4.74 Å². The number of hydrogen-bond donors (Lipinski definition) is 1. The van der Waals surface area contributed by atoms with Gasteiger partial charge in [0.15, 0.2) is 0 Å². The van der Waals surface area contributed by atoms with Gasteiger partial charge in [-0.1, -0.05) is 25.4 Å². The minimum absolute atomic E-state index is 0.0559. The molecule has 2 heterocycles. The number of aryl methyl sites for hydroxylation is 1. The molecule has 0 spiro atoms. The molecule has 0 fully saturated rings. The van der Waals surface area contributed by atoms with E-state index < -0.39 is 0 Å². The molecule has 2 aromatic rings. The van der Waals surface area contributed by atoms with Crippen LogP contribution in [0.4, 0.5) is 0 Å². The van der Waals surface area contributed by atoms with E-state index in [1.54, 1.807) is 24.6 Å². The van der Waals surface area contributed by atoms with E-state index in [0.717, 1.165) is 37.4 Å². The molecule has 6 heteroatoms. The zero-order chi connectivity index (χ0) is 15.2. The van der Waals surface area contributed by atoms with Crippen LogP contribution in [0.2, 0.25) is 5.02 Å². The molecular formula is C15H22ClN3OS. The van der Waals surface area contributed by atoms with Crippen LogP contribution < -0.4 is 10.1 Å². The van der Waals surface area contributed by atoms with Crippen molar-refractivity contribution in [1.29, 1.82) is 0 Å². The molecule has 2 aromatic heterocycles. The van der Waals surface area contributed by atoms with E-state index in [4.69, 9.17) is 16.3 Å². The highest BCUT2D eigenvalue weighted by atomic mass is 35.5. The van der Waals surface area contributed by atoms with Gasteiger partial charge in [-0.05, 0) is 25.5 Å². The van der Waals surface area contributed by atoms with E-state index in [1.165, 1.54) is 4.88 Å². The summed E-state index contributed by atoms with van der Waals surface area (Å²) in [6.07, 6.45) is 3.83. The maximum absolute atomic E-state index is 6.39. The largest absolute Gasteiger partial charge is 0.496 e. The quantitative estimate of drug-likeness (QED) is 0.793. The Bertz CT molecular complexity index is 567. The molecule has 2 rings (SSSR count).